The summed E-state index contributed by atoms with van der Waals surface area (Å²) < 4.78 is 2.77. The summed E-state index contributed by atoms with van der Waals surface area (Å²) in [7, 11) is 0. The molecule has 2 rings (SSSR count). The second-order valence-corrected chi connectivity index (χ2v) is 5.69. The van der Waals surface area contributed by atoms with Crippen LogP contribution in [-0.4, -0.2) is 25.8 Å². The summed E-state index contributed by atoms with van der Waals surface area (Å²) in [4.78, 5) is 8.92. The van der Waals surface area contributed by atoms with Crippen LogP contribution in [0.3, 0.4) is 0 Å². The Hall–Kier alpha value is -1.02. The lowest BCUT2D eigenvalue weighted by molar-refractivity contribution is 0.578. The van der Waals surface area contributed by atoms with Crippen molar-refractivity contribution < 1.29 is 0 Å². The van der Waals surface area contributed by atoms with Gasteiger partial charge in [0.2, 0.25) is 0 Å². The highest BCUT2D eigenvalue weighted by Crippen LogP contribution is 2.08. The van der Waals surface area contributed by atoms with E-state index in [2.05, 4.69) is 56.8 Å². The molecule has 0 aliphatic rings. The van der Waals surface area contributed by atoms with E-state index in [1.54, 1.807) is 10.9 Å². The minimum Gasteiger partial charge on any atom is -0.309 e. The van der Waals surface area contributed by atoms with E-state index in [-0.39, 0.29) is 0 Å². The molecule has 0 aromatic carbocycles. The average Bonchev–Trinajstić information content (AvgIpc) is 2.72. The van der Waals surface area contributed by atoms with E-state index >= 15 is 0 Å². The van der Waals surface area contributed by atoms with Crippen LogP contribution in [0.2, 0.25) is 0 Å². The van der Waals surface area contributed by atoms with Crippen LogP contribution in [0.1, 0.15) is 25.2 Å². The Morgan fingerprint density at radius 3 is 2.78 bits per heavy atom. The molecule has 6 heteroatoms. The van der Waals surface area contributed by atoms with Gasteiger partial charge in [0.05, 0.1) is 15.5 Å². The molecule has 2 heterocycles. The number of aromatic nitrogens is 4. The first kappa shape index (κ1) is 13.4. The predicted molar refractivity (Wildman–Crippen MR) is 78.6 cm³/mol. The summed E-state index contributed by atoms with van der Waals surface area (Å²) in [5, 5.41) is 7.58. The zero-order valence-corrected chi connectivity index (χ0v) is 12.8. The fourth-order valence-electron chi connectivity index (χ4n) is 1.53. The third-order valence-electron chi connectivity index (χ3n) is 2.34. The van der Waals surface area contributed by atoms with Gasteiger partial charge >= 0.3 is 0 Å². The molecule has 18 heavy (non-hydrogen) atoms. The third kappa shape index (κ3) is 3.49. The Balaban J connectivity index is 2.26. The molecule has 0 unspecified atom stereocenters. The standard InChI is InChI=1S/C12H16IN5/c1-8(2)14-6-11-4-9(3)16-12(17-11)18-7-10(13)5-15-18/h4-5,7-8,14H,6H2,1-3H3. The summed E-state index contributed by atoms with van der Waals surface area (Å²) in [6.07, 6.45) is 3.70. The molecule has 0 spiro atoms. The van der Waals surface area contributed by atoms with E-state index in [1.165, 1.54) is 0 Å². The maximum Gasteiger partial charge on any atom is 0.251 e. The van der Waals surface area contributed by atoms with E-state index in [0.717, 1.165) is 21.5 Å². The Kier molecular flexibility index (Phi) is 4.28. The zero-order chi connectivity index (χ0) is 13.1. The van der Waals surface area contributed by atoms with Crippen molar-refractivity contribution >= 4 is 22.6 Å². The van der Waals surface area contributed by atoms with Gasteiger partial charge in [-0.3, -0.25) is 0 Å². The minimum atomic E-state index is 0.439. The van der Waals surface area contributed by atoms with Crippen molar-refractivity contribution in [3.8, 4) is 5.95 Å². The van der Waals surface area contributed by atoms with Crippen molar-refractivity contribution in [3.63, 3.8) is 0 Å². The predicted octanol–water partition coefficient (Wildman–Crippen LogP) is 2.07. The molecule has 2 aromatic heterocycles. The minimum absolute atomic E-state index is 0.439. The molecule has 0 atom stereocenters. The highest BCUT2D eigenvalue weighted by atomic mass is 127. The fraction of sp³-hybridized carbons (Fsp3) is 0.417. The van der Waals surface area contributed by atoms with Crippen molar-refractivity contribution in [2.24, 2.45) is 0 Å². The number of hydrogen-bond acceptors (Lipinski definition) is 4. The molecule has 0 aliphatic heterocycles. The number of nitrogens with zero attached hydrogens (tertiary/aromatic N) is 4. The second kappa shape index (κ2) is 5.75. The largest absolute Gasteiger partial charge is 0.309 e. The molecular formula is C12H16IN5. The Labute approximate surface area is 120 Å². The molecule has 0 radical (unpaired) electrons. The second-order valence-electron chi connectivity index (χ2n) is 4.44. The van der Waals surface area contributed by atoms with E-state index < -0.39 is 0 Å². The van der Waals surface area contributed by atoms with Gasteiger partial charge in [0, 0.05) is 24.5 Å². The normalized spacial score (nSPS) is 11.2. The topological polar surface area (TPSA) is 55.6 Å². The van der Waals surface area contributed by atoms with Crippen LogP contribution in [0.15, 0.2) is 18.5 Å². The number of aryl methyl sites for hydroxylation is 1. The molecular weight excluding hydrogens is 341 g/mol. The summed E-state index contributed by atoms with van der Waals surface area (Å²) >= 11 is 2.22. The van der Waals surface area contributed by atoms with Gasteiger partial charge in [-0.1, -0.05) is 13.8 Å². The van der Waals surface area contributed by atoms with Gasteiger partial charge < -0.3 is 5.32 Å². The van der Waals surface area contributed by atoms with Crippen LogP contribution in [0.5, 0.6) is 0 Å². The first-order chi connectivity index (χ1) is 8.54. The molecule has 0 saturated heterocycles. The maximum atomic E-state index is 4.51. The van der Waals surface area contributed by atoms with E-state index in [9.17, 15) is 0 Å². The lowest BCUT2D eigenvalue weighted by Crippen LogP contribution is -2.23. The smallest absolute Gasteiger partial charge is 0.251 e. The maximum absolute atomic E-state index is 4.51. The highest BCUT2D eigenvalue weighted by Gasteiger charge is 2.06. The van der Waals surface area contributed by atoms with E-state index in [0.29, 0.717) is 12.0 Å². The Morgan fingerprint density at radius 2 is 2.17 bits per heavy atom. The molecule has 0 fully saturated rings. The monoisotopic (exact) mass is 357 g/mol. The van der Waals surface area contributed by atoms with Gasteiger partial charge in [-0.2, -0.15) is 5.10 Å². The SMILES string of the molecule is Cc1cc(CNC(C)C)nc(-n2cc(I)cn2)n1. The van der Waals surface area contributed by atoms with Crippen molar-refractivity contribution in [1.82, 2.24) is 25.1 Å². The van der Waals surface area contributed by atoms with Crippen molar-refractivity contribution in [3.05, 3.63) is 33.4 Å². The number of nitrogens with one attached hydrogen (secondary N) is 1. The lowest BCUT2D eigenvalue weighted by atomic mass is 10.3. The third-order valence-corrected chi connectivity index (χ3v) is 2.90. The first-order valence-corrected chi connectivity index (χ1v) is 6.91. The Bertz CT molecular complexity index is 535. The van der Waals surface area contributed by atoms with Crippen LogP contribution in [0.25, 0.3) is 5.95 Å². The number of rotatable bonds is 4. The summed E-state index contributed by atoms with van der Waals surface area (Å²) in [5.74, 6) is 0.624. The molecule has 96 valence electrons. The fourth-order valence-corrected chi connectivity index (χ4v) is 1.92. The highest BCUT2D eigenvalue weighted by molar-refractivity contribution is 14.1. The van der Waals surface area contributed by atoms with Crippen LogP contribution < -0.4 is 5.32 Å². The van der Waals surface area contributed by atoms with Crippen molar-refractivity contribution in [2.75, 3.05) is 0 Å². The van der Waals surface area contributed by atoms with Crippen molar-refractivity contribution in [2.45, 2.75) is 33.4 Å². The van der Waals surface area contributed by atoms with Gasteiger partial charge in [0.15, 0.2) is 0 Å². The Morgan fingerprint density at radius 1 is 1.39 bits per heavy atom. The van der Waals surface area contributed by atoms with Crippen LogP contribution >= 0.6 is 22.6 Å². The average molecular weight is 357 g/mol. The van der Waals surface area contributed by atoms with Gasteiger partial charge in [0.1, 0.15) is 0 Å². The molecule has 0 aliphatic carbocycles. The zero-order valence-electron chi connectivity index (χ0n) is 10.7. The summed E-state index contributed by atoms with van der Waals surface area (Å²) in [5.41, 5.74) is 1.93. The summed E-state index contributed by atoms with van der Waals surface area (Å²) in [6, 6.07) is 2.43. The van der Waals surface area contributed by atoms with Crippen LogP contribution in [0.4, 0.5) is 0 Å². The number of halogens is 1. The van der Waals surface area contributed by atoms with Crippen LogP contribution in [0, 0.1) is 10.5 Å². The quantitative estimate of drug-likeness (QED) is 0.852. The van der Waals surface area contributed by atoms with E-state index in [4.69, 9.17) is 0 Å². The van der Waals surface area contributed by atoms with Gasteiger partial charge in [-0.15, -0.1) is 0 Å². The molecule has 0 amide bonds. The number of hydrogen-bond donors (Lipinski definition) is 1. The lowest BCUT2D eigenvalue weighted by Gasteiger charge is -2.09. The van der Waals surface area contributed by atoms with Gasteiger partial charge in [-0.05, 0) is 35.6 Å². The van der Waals surface area contributed by atoms with Gasteiger partial charge in [-0.25, -0.2) is 14.6 Å². The van der Waals surface area contributed by atoms with E-state index in [1.807, 2.05) is 19.2 Å². The van der Waals surface area contributed by atoms with Crippen LogP contribution in [-0.2, 0) is 6.54 Å². The molecule has 1 N–H and O–H groups in total. The van der Waals surface area contributed by atoms with Gasteiger partial charge in [0.25, 0.3) is 5.95 Å². The first-order valence-electron chi connectivity index (χ1n) is 5.83. The molecule has 2 aromatic rings. The molecule has 5 nitrogen and oxygen atoms in total. The summed E-state index contributed by atoms with van der Waals surface area (Å²) in [6.45, 7) is 6.94. The molecule has 0 bridgehead atoms. The van der Waals surface area contributed by atoms with Crippen molar-refractivity contribution in [1.29, 1.82) is 0 Å². The molecule has 0 saturated carbocycles.